The van der Waals surface area contributed by atoms with Crippen LogP contribution in [0.15, 0.2) is 24.3 Å². The molecule has 0 radical (unpaired) electrons. The number of carbonyl (C=O) groups excluding carboxylic acids is 2. The van der Waals surface area contributed by atoms with Gasteiger partial charge in [0.15, 0.2) is 23.4 Å². The van der Waals surface area contributed by atoms with E-state index in [2.05, 4.69) is 4.98 Å². The van der Waals surface area contributed by atoms with Gasteiger partial charge in [-0.3, -0.25) is 9.59 Å². The van der Waals surface area contributed by atoms with Gasteiger partial charge in [-0.15, -0.1) is 0 Å². The molecule has 0 saturated heterocycles. The summed E-state index contributed by atoms with van der Waals surface area (Å²) < 4.78 is 11.6. The van der Waals surface area contributed by atoms with Crippen molar-refractivity contribution in [1.29, 1.82) is 0 Å². The first kappa shape index (κ1) is 17.1. The van der Waals surface area contributed by atoms with Gasteiger partial charge in [-0.25, -0.2) is 0 Å². The molecule has 0 fully saturated rings. The van der Waals surface area contributed by atoms with E-state index < -0.39 is 0 Å². The molecule has 1 aromatic carbocycles. The van der Waals surface area contributed by atoms with Crippen molar-refractivity contribution >= 4 is 11.7 Å². The number of hydrogen-bond acceptors (Lipinski definition) is 4. The second-order valence-electron chi connectivity index (χ2n) is 6.36. The van der Waals surface area contributed by atoms with Crippen LogP contribution in [0, 0.1) is 13.8 Å². The number of carbonyl (C=O) groups is 2. The van der Waals surface area contributed by atoms with Gasteiger partial charge in [0.1, 0.15) is 12.3 Å². The van der Waals surface area contributed by atoms with Gasteiger partial charge in [-0.2, -0.15) is 0 Å². The number of Topliss-reactive ketones (excluding diaryl/α,β-unsaturated/α-hetero) is 1. The van der Waals surface area contributed by atoms with E-state index >= 15 is 0 Å². The highest BCUT2D eigenvalue weighted by Crippen LogP contribution is 2.31. The minimum absolute atomic E-state index is 0.0476. The molecule has 0 bridgehead atoms. The number of aryl methyl sites for hydroxylation is 1. The predicted octanol–water partition coefficient (Wildman–Crippen LogP) is 2.75. The second-order valence-corrected chi connectivity index (χ2v) is 6.36. The van der Waals surface area contributed by atoms with E-state index in [0.717, 1.165) is 5.75 Å². The molecular formula is C19H22N2O4. The first-order valence-corrected chi connectivity index (χ1v) is 8.22. The van der Waals surface area contributed by atoms with Gasteiger partial charge in [0, 0.05) is 18.3 Å². The number of likely N-dealkylation sites (N-methyl/N-ethyl adjacent to an activating group) is 1. The zero-order chi connectivity index (χ0) is 18.1. The molecule has 132 valence electrons. The van der Waals surface area contributed by atoms with Gasteiger partial charge < -0.3 is 19.4 Å². The number of H-pyrrole nitrogens is 1. The van der Waals surface area contributed by atoms with Crippen molar-refractivity contribution < 1.29 is 19.1 Å². The highest BCUT2D eigenvalue weighted by Gasteiger charge is 2.27. The number of ketones is 1. The fourth-order valence-corrected chi connectivity index (χ4v) is 3.22. The summed E-state index contributed by atoms with van der Waals surface area (Å²) >= 11 is 0. The Labute approximate surface area is 146 Å². The first-order chi connectivity index (χ1) is 11.9. The molecule has 1 atom stereocenters. The third-order valence-electron chi connectivity index (χ3n) is 4.40. The van der Waals surface area contributed by atoms with Crippen LogP contribution in [0.3, 0.4) is 0 Å². The highest BCUT2D eigenvalue weighted by atomic mass is 16.6. The maximum Gasteiger partial charge on any atom is 0.270 e. The minimum atomic E-state index is -0.243. The third kappa shape index (κ3) is 3.24. The Morgan fingerprint density at radius 3 is 2.56 bits per heavy atom. The summed E-state index contributed by atoms with van der Waals surface area (Å²) in [6.45, 7) is 5.87. The highest BCUT2D eigenvalue weighted by molar-refractivity contribution is 6.02. The van der Waals surface area contributed by atoms with Crippen LogP contribution in [0.2, 0.25) is 0 Å². The van der Waals surface area contributed by atoms with Crippen LogP contribution in [0.5, 0.6) is 11.5 Å². The molecule has 6 heteroatoms. The Bertz CT molecular complexity index is 825. The largest absolute Gasteiger partial charge is 0.486 e. The fourth-order valence-electron chi connectivity index (χ4n) is 3.22. The second kappa shape index (κ2) is 6.63. The summed E-state index contributed by atoms with van der Waals surface area (Å²) in [4.78, 5) is 29.1. The predicted molar refractivity (Wildman–Crippen MR) is 93.6 cm³/mol. The Balaban J connectivity index is 1.72. The molecule has 2 heterocycles. The van der Waals surface area contributed by atoms with Crippen molar-refractivity contribution in [2.24, 2.45) is 0 Å². The van der Waals surface area contributed by atoms with Gasteiger partial charge in [-0.05, 0) is 38.5 Å². The Hall–Kier alpha value is -2.76. The molecule has 0 spiro atoms. The van der Waals surface area contributed by atoms with Crippen LogP contribution >= 0.6 is 0 Å². The van der Waals surface area contributed by atoms with Gasteiger partial charge >= 0.3 is 0 Å². The lowest BCUT2D eigenvalue weighted by Gasteiger charge is -2.29. The summed E-state index contributed by atoms with van der Waals surface area (Å²) in [5, 5.41) is 0. The van der Waals surface area contributed by atoms with Crippen LogP contribution in [-0.2, 0) is 0 Å². The lowest BCUT2D eigenvalue weighted by atomic mass is 10.1. The van der Waals surface area contributed by atoms with Crippen LogP contribution in [0.1, 0.15) is 39.0 Å². The molecule has 1 aliphatic heterocycles. The molecule has 3 rings (SSSR count). The normalized spacial score (nSPS) is 15.8. The maximum atomic E-state index is 12.8. The van der Waals surface area contributed by atoms with Gasteiger partial charge in [0.05, 0.1) is 6.54 Å². The van der Waals surface area contributed by atoms with Crippen LogP contribution in [0.25, 0.3) is 0 Å². The molecule has 1 aliphatic rings. The topological polar surface area (TPSA) is 71.6 Å². The van der Waals surface area contributed by atoms with Crippen LogP contribution in [0.4, 0.5) is 0 Å². The molecular weight excluding hydrogens is 320 g/mol. The van der Waals surface area contributed by atoms with E-state index in [-0.39, 0.29) is 17.8 Å². The van der Waals surface area contributed by atoms with Crippen molar-refractivity contribution in [2.75, 3.05) is 20.2 Å². The van der Waals surface area contributed by atoms with Crippen molar-refractivity contribution in [3.8, 4) is 11.5 Å². The van der Waals surface area contributed by atoms with E-state index in [0.29, 0.717) is 41.4 Å². The smallest absolute Gasteiger partial charge is 0.270 e. The van der Waals surface area contributed by atoms with Crippen molar-refractivity contribution in [1.82, 2.24) is 9.88 Å². The number of benzene rings is 1. The van der Waals surface area contributed by atoms with E-state index in [4.69, 9.17) is 9.47 Å². The van der Waals surface area contributed by atoms with E-state index in [1.165, 1.54) is 6.92 Å². The maximum absolute atomic E-state index is 12.8. The Morgan fingerprint density at radius 1 is 1.24 bits per heavy atom. The zero-order valence-corrected chi connectivity index (χ0v) is 14.9. The number of amides is 1. The number of nitrogens with zero attached hydrogens (tertiary/aromatic N) is 1. The minimum Gasteiger partial charge on any atom is -0.486 e. The summed E-state index contributed by atoms with van der Waals surface area (Å²) in [5.74, 6) is 1.18. The Morgan fingerprint density at radius 2 is 1.92 bits per heavy atom. The van der Waals surface area contributed by atoms with Gasteiger partial charge in [0.25, 0.3) is 5.91 Å². The molecule has 2 aromatic rings. The summed E-state index contributed by atoms with van der Waals surface area (Å²) in [7, 11) is 1.72. The molecule has 1 unspecified atom stereocenters. The lowest BCUT2D eigenvalue weighted by Crippen LogP contribution is -2.42. The van der Waals surface area contributed by atoms with Crippen molar-refractivity contribution in [3.05, 3.63) is 46.8 Å². The molecule has 0 aliphatic carbocycles. The molecule has 1 amide bonds. The first-order valence-electron chi connectivity index (χ1n) is 8.22. The number of para-hydroxylation sites is 2. The van der Waals surface area contributed by atoms with Crippen LogP contribution < -0.4 is 9.47 Å². The Kier molecular flexibility index (Phi) is 4.53. The number of hydrogen-bond donors (Lipinski definition) is 1. The molecule has 6 nitrogen and oxygen atoms in total. The number of rotatable bonds is 4. The molecule has 0 saturated carbocycles. The van der Waals surface area contributed by atoms with E-state index in [1.54, 1.807) is 25.8 Å². The summed E-state index contributed by atoms with van der Waals surface area (Å²) in [5.41, 5.74) is 2.44. The number of nitrogens with one attached hydrogen (secondary N) is 1. The average molecular weight is 342 g/mol. The number of aromatic nitrogens is 1. The summed E-state index contributed by atoms with van der Waals surface area (Å²) in [6, 6.07) is 7.48. The van der Waals surface area contributed by atoms with Gasteiger partial charge in [0.2, 0.25) is 0 Å². The summed E-state index contributed by atoms with van der Waals surface area (Å²) in [6.07, 6.45) is -0.243. The molecule has 1 N–H and O–H groups in total. The number of fused-ring (bicyclic) bond motifs is 1. The third-order valence-corrected chi connectivity index (χ3v) is 4.40. The fraction of sp³-hybridized carbons (Fsp3) is 0.368. The van der Waals surface area contributed by atoms with Crippen molar-refractivity contribution in [3.63, 3.8) is 0 Å². The number of aromatic amines is 1. The van der Waals surface area contributed by atoms with E-state index in [9.17, 15) is 9.59 Å². The number of ether oxygens (including phenoxy) is 2. The van der Waals surface area contributed by atoms with Crippen LogP contribution in [-0.4, -0.2) is 47.9 Å². The lowest BCUT2D eigenvalue weighted by molar-refractivity contribution is 0.0517. The monoisotopic (exact) mass is 342 g/mol. The van der Waals surface area contributed by atoms with Crippen molar-refractivity contribution in [2.45, 2.75) is 26.9 Å². The molecule has 25 heavy (non-hydrogen) atoms. The van der Waals surface area contributed by atoms with Gasteiger partial charge in [-0.1, -0.05) is 12.1 Å². The molecule has 1 aromatic heterocycles. The quantitative estimate of drug-likeness (QED) is 0.867. The zero-order valence-electron chi connectivity index (χ0n) is 14.9. The standard InChI is InChI=1S/C19H22N2O4/c1-11-17(13(3)22)12(2)20-18(11)19(23)21(4)9-14-10-24-15-7-5-6-8-16(15)25-14/h5-8,14,20H,9-10H2,1-4H3. The SMILES string of the molecule is CC(=O)c1c(C)[nH]c(C(=O)N(C)CC2COc3ccccc3O2)c1C. The average Bonchev–Trinajstić information content (AvgIpc) is 2.88. The van der Waals surface area contributed by atoms with E-state index in [1.807, 2.05) is 24.3 Å².